The molecular weight excluding hydrogens is 274 g/mol. The van der Waals surface area contributed by atoms with Crippen LogP contribution in [0.3, 0.4) is 0 Å². The highest BCUT2D eigenvalue weighted by Crippen LogP contribution is 2.29. The zero-order valence-electron chi connectivity index (χ0n) is 12.8. The fraction of sp³-hybridized carbons (Fsp3) is 0.474. The molecule has 0 radical (unpaired) electrons. The van der Waals surface area contributed by atoms with Crippen molar-refractivity contribution in [3.05, 3.63) is 47.3 Å². The van der Waals surface area contributed by atoms with Crippen molar-refractivity contribution in [2.45, 2.75) is 39.2 Å². The second-order valence-corrected chi connectivity index (χ2v) is 7.56. The molecule has 0 amide bonds. The third-order valence-electron chi connectivity index (χ3n) is 4.59. The molecule has 2 heteroatoms. The first-order valence-corrected chi connectivity index (χ1v) is 8.98. The number of thiophene rings is 1. The Morgan fingerprint density at radius 3 is 2.52 bits per heavy atom. The van der Waals surface area contributed by atoms with E-state index in [4.69, 9.17) is 0 Å². The molecule has 0 atom stereocenters. The third-order valence-corrected chi connectivity index (χ3v) is 5.72. The van der Waals surface area contributed by atoms with Crippen molar-refractivity contribution < 1.29 is 0 Å². The molecule has 0 bridgehead atoms. The molecule has 3 rings (SSSR count). The Morgan fingerprint density at radius 1 is 1.00 bits per heavy atom. The lowest BCUT2D eigenvalue weighted by Crippen LogP contribution is -2.25. The van der Waals surface area contributed by atoms with Crippen LogP contribution in [0.5, 0.6) is 0 Å². The summed E-state index contributed by atoms with van der Waals surface area (Å²) in [4.78, 5) is 2.82. The van der Waals surface area contributed by atoms with Gasteiger partial charge < -0.3 is 5.32 Å². The van der Waals surface area contributed by atoms with Gasteiger partial charge in [-0.05, 0) is 48.9 Å². The molecule has 1 fully saturated rings. The first-order chi connectivity index (χ1) is 10.3. The number of rotatable bonds is 5. The Kier molecular flexibility index (Phi) is 5.10. The van der Waals surface area contributed by atoms with Crippen molar-refractivity contribution in [1.29, 1.82) is 0 Å². The average molecular weight is 299 g/mol. The predicted octanol–water partition coefficient (Wildman–Crippen LogP) is 5.33. The summed E-state index contributed by atoms with van der Waals surface area (Å²) in [7, 11) is 0. The molecule has 1 aromatic carbocycles. The minimum absolute atomic E-state index is 0.898. The standard InChI is InChI=1S/C19H25NS/c1-15-7-9-16(10-8-15)13-20-14-18-11-12-19(21-18)17-5-3-2-4-6-17/h2-6,11-12,15-16,20H,7-10,13-14H2,1H3. The molecule has 1 aliphatic rings. The maximum Gasteiger partial charge on any atom is 0.0346 e. The lowest BCUT2D eigenvalue weighted by molar-refractivity contribution is 0.281. The highest BCUT2D eigenvalue weighted by molar-refractivity contribution is 7.15. The first-order valence-electron chi connectivity index (χ1n) is 8.16. The lowest BCUT2D eigenvalue weighted by atomic mass is 9.83. The van der Waals surface area contributed by atoms with E-state index in [1.54, 1.807) is 0 Å². The molecule has 1 aromatic heterocycles. The molecule has 0 spiro atoms. The lowest BCUT2D eigenvalue weighted by Gasteiger charge is -2.26. The summed E-state index contributed by atoms with van der Waals surface area (Å²) < 4.78 is 0. The number of nitrogens with one attached hydrogen (secondary N) is 1. The smallest absolute Gasteiger partial charge is 0.0346 e. The number of hydrogen-bond donors (Lipinski definition) is 1. The van der Waals surface area contributed by atoms with Gasteiger partial charge in [-0.2, -0.15) is 0 Å². The molecule has 1 nitrogen and oxygen atoms in total. The Morgan fingerprint density at radius 2 is 1.76 bits per heavy atom. The largest absolute Gasteiger partial charge is 0.312 e. The summed E-state index contributed by atoms with van der Waals surface area (Å²) in [6.07, 6.45) is 5.66. The SMILES string of the molecule is CC1CCC(CNCc2ccc(-c3ccccc3)s2)CC1. The second kappa shape index (κ2) is 7.24. The van der Waals surface area contributed by atoms with E-state index in [0.29, 0.717) is 0 Å². The van der Waals surface area contributed by atoms with Gasteiger partial charge in [0, 0.05) is 16.3 Å². The van der Waals surface area contributed by atoms with Gasteiger partial charge in [-0.25, -0.2) is 0 Å². The van der Waals surface area contributed by atoms with Crippen molar-refractivity contribution in [1.82, 2.24) is 5.32 Å². The van der Waals surface area contributed by atoms with Gasteiger partial charge in [-0.3, -0.25) is 0 Å². The van der Waals surface area contributed by atoms with Gasteiger partial charge in [0.05, 0.1) is 0 Å². The van der Waals surface area contributed by atoms with E-state index in [0.717, 1.165) is 18.4 Å². The normalized spacial score (nSPS) is 22.3. The van der Waals surface area contributed by atoms with Crippen LogP contribution in [0.2, 0.25) is 0 Å². The molecule has 1 N–H and O–H groups in total. The number of benzene rings is 1. The van der Waals surface area contributed by atoms with Crippen molar-refractivity contribution in [2.75, 3.05) is 6.54 Å². The highest BCUT2D eigenvalue weighted by Gasteiger charge is 2.17. The zero-order chi connectivity index (χ0) is 14.5. The van der Waals surface area contributed by atoms with Gasteiger partial charge in [-0.1, -0.05) is 50.1 Å². The van der Waals surface area contributed by atoms with E-state index in [9.17, 15) is 0 Å². The monoisotopic (exact) mass is 299 g/mol. The molecule has 1 saturated carbocycles. The molecule has 0 aliphatic heterocycles. The zero-order valence-corrected chi connectivity index (χ0v) is 13.7. The third kappa shape index (κ3) is 4.18. The molecular formula is C19H25NS. The maximum atomic E-state index is 3.66. The Bertz CT molecular complexity index is 538. The number of hydrogen-bond acceptors (Lipinski definition) is 2. The Balaban J connectivity index is 1.47. The summed E-state index contributed by atoms with van der Waals surface area (Å²) in [6, 6.07) is 15.2. The van der Waals surface area contributed by atoms with Gasteiger partial charge >= 0.3 is 0 Å². The van der Waals surface area contributed by atoms with Gasteiger partial charge in [0.15, 0.2) is 0 Å². The molecule has 0 saturated heterocycles. The van der Waals surface area contributed by atoms with E-state index in [2.05, 4.69) is 54.7 Å². The highest BCUT2D eigenvalue weighted by atomic mass is 32.1. The van der Waals surface area contributed by atoms with Crippen molar-refractivity contribution in [3.63, 3.8) is 0 Å². The van der Waals surface area contributed by atoms with E-state index in [1.165, 1.54) is 47.5 Å². The minimum atomic E-state index is 0.898. The van der Waals surface area contributed by atoms with Gasteiger partial charge in [0.1, 0.15) is 0 Å². The quantitative estimate of drug-likeness (QED) is 0.786. The molecule has 1 aliphatic carbocycles. The molecule has 112 valence electrons. The summed E-state index contributed by atoms with van der Waals surface area (Å²) in [6.45, 7) is 4.59. The fourth-order valence-electron chi connectivity index (χ4n) is 3.16. The van der Waals surface area contributed by atoms with Crippen LogP contribution in [-0.2, 0) is 6.54 Å². The minimum Gasteiger partial charge on any atom is -0.312 e. The maximum absolute atomic E-state index is 3.66. The molecule has 2 aromatic rings. The first kappa shape index (κ1) is 14.8. The molecule has 1 heterocycles. The fourth-order valence-corrected chi connectivity index (χ4v) is 4.15. The van der Waals surface area contributed by atoms with Gasteiger partial charge in [0.2, 0.25) is 0 Å². The molecule has 0 unspecified atom stereocenters. The average Bonchev–Trinajstić information content (AvgIpc) is 2.99. The topological polar surface area (TPSA) is 12.0 Å². The van der Waals surface area contributed by atoms with Crippen LogP contribution >= 0.6 is 11.3 Å². The van der Waals surface area contributed by atoms with Crippen LogP contribution in [0.15, 0.2) is 42.5 Å². The van der Waals surface area contributed by atoms with E-state index < -0.39 is 0 Å². The Labute approximate surface area is 132 Å². The van der Waals surface area contributed by atoms with E-state index in [-0.39, 0.29) is 0 Å². The van der Waals surface area contributed by atoms with Crippen molar-refractivity contribution >= 4 is 11.3 Å². The van der Waals surface area contributed by atoms with Gasteiger partial charge in [0.25, 0.3) is 0 Å². The van der Waals surface area contributed by atoms with Crippen LogP contribution < -0.4 is 5.32 Å². The summed E-state index contributed by atoms with van der Waals surface area (Å²) in [5, 5.41) is 3.66. The van der Waals surface area contributed by atoms with Crippen LogP contribution in [0.4, 0.5) is 0 Å². The Hall–Kier alpha value is -1.12. The van der Waals surface area contributed by atoms with E-state index >= 15 is 0 Å². The van der Waals surface area contributed by atoms with Crippen LogP contribution in [-0.4, -0.2) is 6.54 Å². The molecule has 21 heavy (non-hydrogen) atoms. The predicted molar refractivity (Wildman–Crippen MR) is 92.6 cm³/mol. The second-order valence-electron chi connectivity index (χ2n) is 6.39. The summed E-state index contributed by atoms with van der Waals surface area (Å²) >= 11 is 1.91. The van der Waals surface area contributed by atoms with Crippen molar-refractivity contribution in [3.8, 4) is 10.4 Å². The summed E-state index contributed by atoms with van der Waals surface area (Å²) in [5.41, 5.74) is 1.33. The van der Waals surface area contributed by atoms with Crippen LogP contribution in [0.1, 0.15) is 37.5 Å². The van der Waals surface area contributed by atoms with Crippen LogP contribution in [0.25, 0.3) is 10.4 Å². The van der Waals surface area contributed by atoms with E-state index in [1.807, 2.05) is 11.3 Å². The van der Waals surface area contributed by atoms with Crippen molar-refractivity contribution in [2.24, 2.45) is 11.8 Å². The van der Waals surface area contributed by atoms with Gasteiger partial charge in [-0.15, -0.1) is 11.3 Å². The summed E-state index contributed by atoms with van der Waals surface area (Å²) in [5.74, 6) is 1.85. The van der Waals surface area contributed by atoms with Crippen LogP contribution in [0, 0.1) is 11.8 Å².